The average Bonchev–Trinajstić information content (AvgIpc) is 3.78. The molecular weight excluding hydrogens is 616 g/mol. The van der Waals surface area contributed by atoms with Crippen LogP contribution in [0.4, 0.5) is 11.5 Å². The number of fused-ring (bicyclic) bond motifs is 2. The van der Waals surface area contributed by atoms with E-state index in [0.717, 1.165) is 70.9 Å². The molecule has 0 N–H and O–H groups in total. The summed E-state index contributed by atoms with van der Waals surface area (Å²) >= 11 is 6.72. The van der Waals surface area contributed by atoms with Crippen molar-refractivity contribution in [3.05, 3.63) is 71.7 Å². The highest BCUT2D eigenvalue weighted by Crippen LogP contribution is 2.37. The normalized spacial score (nSPS) is 19.9. The quantitative estimate of drug-likeness (QED) is 0.258. The molecule has 2 saturated heterocycles. The number of benzene rings is 2. The number of ether oxygens (including phenoxy) is 1. The van der Waals surface area contributed by atoms with Crippen molar-refractivity contribution in [3.8, 4) is 12.1 Å². The Labute approximate surface area is 278 Å². The minimum Gasteiger partial charge on any atom is -0.462 e. The van der Waals surface area contributed by atoms with Gasteiger partial charge in [-0.1, -0.05) is 42.4 Å². The molecule has 4 aromatic rings. The number of anilines is 2. The number of likely N-dealkylation sites (tertiary alicyclic amines) is 1. The molecule has 47 heavy (non-hydrogen) atoms. The number of halogens is 1. The number of piperazine rings is 1. The lowest BCUT2D eigenvalue weighted by Gasteiger charge is -2.42. The van der Waals surface area contributed by atoms with Crippen molar-refractivity contribution in [1.82, 2.24) is 34.8 Å². The fourth-order valence-electron chi connectivity index (χ4n) is 7.02. The summed E-state index contributed by atoms with van der Waals surface area (Å²) in [5, 5.41) is 20.7. The van der Waals surface area contributed by atoms with Gasteiger partial charge in [-0.3, -0.25) is 4.79 Å². The fourth-order valence-corrected chi connectivity index (χ4v) is 7.30. The van der Waals surface area contributed by atoms with Crippen molar-refractivity contribution in [3.63, 3.8) is 0 Å². The number of aromatic nitrogens is 5. The van der Waals surface area contributed by atoms with Gasteiger partial charge in [0.25, 0.3) is 5.91 Å². The Kier molecular flexibility index (Phi) is 8.66. The van der Waals surface area contributed by atoms with Gasteiger partial charge in [0.05, 0.1) is 48.2 Å². The number of hydrogen-bond donors (Lipinski definition) is 0. The summed E-state index contributed by atoms with van der Waals surface area (Å²) in [6, 6.07) is 14.8. The number of amides is 1. The monoisotopic (exact) mass is 652 g/mol. The number of hydrogen-bond acceptors (Lipinski definition) is 10. The van der Waals surface area contributed by atoms with Gasteiger partial charge in [0.1, 0.15) is 18.1 Å². The topological polar surface area (TPSA) is 120 Å². The van der Waals surface area contributed by atoms with Crippen LogP contribution < -0.4 is 14.5 Å². The summed E-state index contributed by atoms with van der Waals surface area (Å²) in [4.78, 5) is 33.2. The summed E-state index contributed by atoms with van der Waals surface area (Å²) in [6.45, 7) is 8.20. The zero-order chi connectivity index (χ0) is 32.5. The summed E-state index contributed by atoms with van der Waals surface area (Å²) in [5.74, 6) is 0.517. The van der Waals surface area contributed by atoms with Gasteiger partial charge in [-0.15, -0.1) is 4.80 Å². The maximum Gasteiger partial charge on any atom is 0.318 e. The molecule has 13 heteroatoms. The fraction of sp³-hybridized carbons (Fsp3) is 0.412. The van der Waals surface area contributed by atoms with E-state index in [-0.39, 0.29) is 24.1 Å². The van der Waals surface area contributed by atoms with Crippen molar-refractivity contribution in [1.29, 1.82) is 5.26 Å². The molecule has 2 aromatic carbocycles. The van der Waals surface area contributed by atoms with Crippen LogP contribution in [-0.2, 0) is 17.8 Å². The number of nitriles is 1. The first-order chi connectivity index (χ1) is 22.9. The second-order valence-electron chi connectivity index (χ2n) is 12.4. The van der Waals surface area contributed by atoms with E-state index in [1.807, 2.05) is 12.1 Å². The first-order valence-electron chi connectivity index (χ1n) is 16.0. The maximum atomic E-state index is 13.5. The Morgan fingerprint density at radius 2 is 1.87 bits per heavy atom. The summed E-state index contributed by atoms with van der Waals surface area (Å²) in [5.41, 5.74) is 3.20. The number of carbonyl (C=O) groups is 1. The van der Waals surface area contributed by atoms with Crippen molar-refractivity contribution in [2.45, 2.75) is 44.3 Å². The van der Waals surface area contributed by atoms with E-state index in [1.165, 1.54) is 17.2 Å². The van der Waals surface area contributed by atoms with Crippen LogP contribution in [0.2, 0.25) is 5.02 Å². The zero-order valence-electron chi connectivity index (χ0n) is 26.4. The van der Waals surface area contributed by atoms with E-state index >= 15 is 0 Å². The lowest BCUT2D eigenvalue weighted by atomic mass is 10.0. The van der Waals surface area contributed by atoms with E-state index in [1.54, 1.807) is 4.90 Å². The van der Waals surface area contributed by atoms with Gasteiger partial charge in [0, 0.05) is 48.9 Å². The average molecular weight is 653 g/mol. The van der Waals surface area contributed by atoms with Crippen molar-refractivity contribution >= 4 is 45.5 Å². The van der Waals surface area contributed by atoms with E-state index < -0.39 is 0 Å². The molecule has 0 aliphatic carbocycles. The SMILES string of the molecule is C=C(C(=O)N1CCN(c2nc(OC[C@@H]3CCCN3C)nc3c2CCN(c2cccc4cccc(Cl)c24)C3)C[C@@H]1CC#N)n1nccn1. The number of carbonyl (C=O) groups excluding carboxylic acids is 1. The second-order valence-corrected chi connectivity index (χ2v) is 12.8. The van der Waals surface area contributed by atoms with E-state index in [0.29, 0.717) is 44.8 Å². The highest BCUT2D eigenvalue weighted by molar-refractivity contribution is 6.36. The largest absolute Gasteiger partial charge is 0.462 e. The van der Waals surface area contributed by atoms with Crippen molar-refractivity contribution in [2.24, 2.45) is 0 Å². The smallest absolute Gasteiger partial charge is 0.318 e. The first-order valence-corrected chi connectivity index (χ1v) is 16.4. The Bertz CT molecular complexity index is 1840. The van der Waals surface area contributed by atoms with Gasteiger partial charge >= 0.3 is 6.01 Å². The van der Waals surface area contributed by atoms with Crippen LogP contribution in [0.5, 0.6) is 6.01 Å². The third kappa shape index (κ3) is 6.08. The van der Waals surface area contributed by atoms with Crippen LogP contribution in [-0.4, -0.2) is 99.1 Å². The molecule has 7 rings (SSSR count). The standard InChI is InChI=1S/C34H37ClN10O2/c1-23(45-37-14-15-38-45)33(46)44-19-18-43(20-25(44)11-13-36)32-27-12-17-42(30-10-4-7-24-6-3-9-28(35)31(24)30)21-29(27)39-34(40-32)47-22-26-8-5-16-41(26)2/h3-4,6-7,9-10,14-15,25-26H,1,5,8,11-12,16-22H2,2H3/t25-,26-/m0/s1. The predicted molar refractivity (Wildman–Crippen MR) is 180 cm³/mol. The molecule has 0 spiro atoms. The molecule has 0 bridgehead atoms. The van der Waals surface area contributed by atoms with E-state index in [2.05, 4.69) is 68.9 Å². The van der Waals surface area contributed by atoms with Crippen LogP contribution in [0.15, 0.2) is 55.4 Å². The third-order valence-electron chi connectivity index (χ3n) is 9.55. The zero-order valence-corrected chi connectivity index (χ0v) is 27.2. The molecule has 2 atom stereocenters. The van der Waals surface area contributed by atoms with Gasteiger partial charge in [0.15, 0.2) is 0 Å². The van der Waals surface area contributed by atoms with Gasteiger partial charge < -0.3 is 24.3 Å². The molecule has 2 fully saturated rings. The van der Waals surface area contributed by atoms with Crippen LogP contribution in [0, 0.1) is 11.3 Å². The Morgan fingerprint density at radius 3 is 2.64 bits per heavy atom. The minimum atomic E-state index is -0.367. The van der Waals surface area contributed by atoms with Crippen LogP contribution >= 0.6 is 11.6 Å². The van der Waals surface area contributed by atoms with Gasteiger partial charge in [-0.2, -0.15) is 25.4 Å². The highest BCUT2D eigenvalue weighted by atomic mass is 35.5. The Balaban J connectivity index is 1.20. The Morgan fingerprint density at radius 1 is 1.06 bits per heavy atom. The molecule has 0 unspecified atom stereocenters. The van der Waals surface area contributed by atoms with Crippen molar-refractivity contribution in [2.75, 3.05) is 56.2 Å². The van der Waals surface area contributed by atoms with Gasteiger partial charge in [-0.25, -0.2) is 0 Å². The number of likely N-dealkylation sites (N-methyl/N-ethyl adjacent to an activating group) is 1. The molecule has 12 nitrogen and oxygen atoms in total. The van der Waals surface area contributed by atoms with Crippen LogP contribution in [0.1, 0.15) is 30.5 Å². The molecule has 0 saturated carbocycles. The molecule has 3 aliphatic heterocycles. The van der Waals surface area contributed by atoms with Gasteiger partial charge in [0.2, 0.25) is 0 Å². The predicted octanol–water partition coefficient (Wildman–Crippen LogP) is 4.01. The van der Waals surface area contributed by atoms with Crippen LogP contribution in [0.25, 0.3) is 16.5 Å². The van der Waals surface area contributed by atoms with E-state index in [4.69, 9.17) is 26.3 Å². The maximum absolute atomic E-state index is 13.5. The summed E-state index contributed by atoms with van der Waals surface area (Å²) in [7, 11) is 2.13. The highest BCUT2D eigenvalue weighted by Gasteiger charge is 2.35. The molecule has 5 heterocycles. The number of nitrogens with zero attached hydrogens (tertiary/aromatic N) is 10. The molecule has 3 aliphatic rings. The summed E-state index contributed by atoms with van der Waals surface area (Å²) < 4.78 is 6.32. The lowest BCUT2D eigenvalue weighted by Crippen LogP contribution is -2.56. The molecule has 242 valence electrons. The minimum absolute atomic E-state index is 0.145. The number of rotatable bonds is 8. The Hall–Kier alpha value is -4.73. The third-order valence-corrected chi connectivity index (χ3v) is 9.86. The van der Waals surface area contributed by atoms with Crippen LogP contribution in [0.3, 0.4) is 0 Å². The molecular formula is C34H37ClN10O2. The molecule has 2 aromatic heterocycles. The molecule has 1 amide bonds. The van der Waals surface area contributed by atoms with E-state index in [9.17, 15) is 10.1 Å². The summed E-state index contributed by atoms with van der Waals surface area (Å²) in [6.07, 6.45) is 6.12. The lowest BCUT2D eigenvalue weighted by molar-refractivity contribution is -0.128. The first kappa shape index (κ1) is 30.9. The van der Waals surface area contributed by atoms with Gasteiger partial charge in [-0.05, 0) is 50.4 Å². The van der Waals surface area contributed by atoms with Crippen molar-refractivity contribution < 1.29 is 9.53 Å². The molecule has 0 radical (unpaired) electrons. The second kappa shape index (κ2) is 13.2.